The summed E-state index contributed by atoms with van der Waals surface area (Å²) in [5.41, 5.74) is -0.0979. The van der Waals surface area contributed by atoms with Crippen molar-refractivity contribution in [3.8, 4) is 0 Å². The topological polar surface area (TPSA) is 52.6 Å². The molecule has 1 atom stereocenters. The fourth-order valence-corrected chi connectivity index (χ4v) is 1.72. The first-order chi connectivity index (χ1) is 7.96. The highest BCUT2D eigenvalue weighted by molar-refractivity contribution is 5.81. The van der Waals surface area contributed by atoms with Crippen LogP contribution in [0.15, 0.2) is 0 Å². The molecule has 0 aliphatic carbocycles. The lowest BCUT2D eigenvalue weighted by atomic mass is 9.83. The molecule has 1 unspecified atom stereocenters. The van der Waals surface area contributed by atoms with Gasteiger partial charge in [0.25, 0.3) is 0 Å². The first-order valence-corrected chi connectivity index (χ1v) is 6.55. The molecule has 0 aromatic carbocycles. The summed E-state index contributed by atoms with van der Waals surface area (Å²) in [5.74, 6) is 0.103. The van der Waals surface area contributed by atoms with Crippen LogP contribution in [0.2, 0.25) is 0 Å². The van der Waals surface area contributed by atoms with Gasteiger partial charge in [0, 0.05) is 32.2 Å². The molecule has 0 radical (unpaired) electrons. The Bertz CT molecular complexity index is 219. The summed E-state index contributed by atoms with van der Waals surface area (Å²) in [6.07, 6.45) is 1.83. The van der Waals surface area contributed by atoms with Crippen LogP contribution < -0.4 is 5.32 Å². The van der Waals surface area contributed by atoms with Crippen molar-refractivity contribution < 1.29 is 9.90 Å². The number of hydrogen-bond acceptors (Lipinski definition) is 3. The van der Waals surface area contributed by atoms with Crippen LogP contribution >= 0.6 is 0 Å². The van der Waals surface area contributed by atoms with Gasteiger partial charge in [-0.3, -0.25) is 4.79 Å². The molecule has 4 heteroatoms. The van der Waals surface area contributed by atoms with Crippen molar-refractivity contribution >= 4 is 5.91 Å². The number of aliphatic hydroxyl groups is 1. The predicted molar refractivity (Wildman–Crippen MR) is 70.9 cm³/mol. The Labute approximate surface area is 105 Å². The Morgan fingerprint density at radius 2 is 1.88 bits per heavy atom. The Kier molecular flexibility index (Phi) is 7.39. The van der Waals surface area contributed by atoms with Crippen molar-refractivity contribution in [2.45, 2.75) is 46.6 Å². The molecule has 0 saturated carbocycles. The molecule has 1 amide bonds. The maximum absolute atomic E-state index is 11.9. The molecular weight excluding hydrogens is 216 g/mol. The van der Waals surface area contributed by atoms with Crippen LogP contribution in [0.5, 0.6) is 0 Å². The van der Waals surface area contributed by atoms with E-state index in [1.807, 2.05) is 13.8 Å². The van der Waals surface area contributed by atoms with Crippen LogP contribution in [0.3, 0.4) is 0 Å². The normalized spacial score (nSPS) is 13.5. The van der Waals surface area contributed by atoms with Gasteiger partial charge >= 0.3 is 0 Å². The second-order valence-electron chi connectivity index (χ2n) is 4.82. The van der Waals surface area contributed by atoms with Gasteiger partial charge in [-0.15, -0.1) is 0 Å². The lowest BCUT2D eigenvalue weighted by Gasteiger charge is -2.31. The van der Waals surface area contributed by atoms with Crippen LogP contribution in [0.1, 0.15) is 40.5 Å². The molecule has 4 nitrogen and oxygen atoms in total. The first-order valence-electron chi connectivity index (χ1n) is 6.55. The van der Waals surface area contributed by atoms with Gasteiger partial charge in [-0.2, -0.15) is 0 Å². The monoisotopic (exact) mass is 244 g/mol. The lowest BCUT2D eigenvalue weighted by molar-refractivity contribution is -0.131. The molecule has 0 heterocycles. The number of carbonyl (C=O) groups is 1. The summed E-state index contributed by atoms with van der Waals surface area (Å²) < 4.78 is 0. The Hall–Kier alpha value is -0.610. The predicted octanol–water partition coefficient (Wildman–Crippen LogP) is 1.24. The number of nitrogens with zero attached hydrogens (tertiary/aromatic N) is 1. The summed E-state index contributed by atoms with van der Waals surface area (Å²) in [4.78, 5) is 13.6. The largest absolute Gasteiger partial charge is 0.396 e. The van der Waals surface area contributed by atoms with E-state index in [1.165, 1.54) is 0 Å². The van der Waals surface area contributed by atoms with E-state index in [9.17, 15) is 9.90 Å². The van der Waals surface area contributed by atoms with Crippen molar-refractivity contribution in [2.24, 2.45) is 5.41 Å². The van der Waals surface area contributed by atoms with Gasteiger partial charge in [-0.05, 0) is 26.7 Å². The van der Waals surface area contributed by atoms with Crippen LogP contribution in [-0.2, 0) is 4.79 Å². The molecule has 0 aliphatic rings. The van der Waals surface area contributed by atoms with Gasteiger partial charge in [0.1, 0.15) is 0 Å². The molecule has 0 aromatic rings. The van der Waals surface area contributed by atoms with Crippen LogP contribution in [-0.4, -0.2) is 48.7 Å². The molecule has 0 rings (SSSR count). The zero-order chi connectivity index (χ0) is 13.5. The summed E-state index contributed by atoms with van der Waals surface area (Å²) in [6.45, 7) is 9.55. The highest BCUT2D eigenvalue weighted by atomic mass is 16.3. The standard InChI is InChI=1S/C13H28N2O2/c1-6-13(7-2,10-16)9-14-11(4)12(17)15(5)8-3/h11,14,16H,6-10H2,1-5H3. The average molecular weight is 244 g/mol. The van der Waals surface area contributed by atoms with E-state index in [-0.39, 0.29) is 24.0 Å². The zero-order valence-electron chi connectivity index (χ0n) is 11.9. The maximum atomic E-state index is 11.9. The number of amides is 1. The summed E-state index contributed by atoms with van der Waals surface area (Å²) in [6, 6.07) is -0.191. The van der Waals surface area contributed by atoms with Crippen molar-refractivity contribution in [3.63, 3.8) is 0 Å². The van der Waals surface area contributed by atoms with Gasteiger partial charge in [-0.1, -0.05) is 13.8 Å². The average Bonchev–Trinajstić information content (AvgIpc) is 2.38. The highest BCUT2D eigenvalue weighted by Gasteiger charge is 2.27. The number of likely N-dealkylation sites (N-methyl/N-ethyl adjacent to an activating group) is 1. The molecule has 0 aromatic heterocycles. The maximum Gasteiger partial charge on any atom is 0.239 e. The van der Waals surface area contributed by atoms with E-state index in [0.29, 0.717) is 6.54 Å². The van der Waals surface area contributed by atoms with Gasteiger partial charge in [-0.25, -0.2) is 0 Å². The van der Waals surface area contributed by atoms with Gasteiger partial charge < -0.3 is 15.3 Å². The highest BCUT2D eigenvalue weighted by Crippen LogP contribution is 2.24. The number of hydrogen-bond donors (Lipinski definition) is 2. The SMILES string of the molecule is CCN(C)C(=O)C(C)NCC(CC)(CC)CO. The number of rotatable bonds is 8. The molecule has 0 fully saturated rings. The third-order valence-electron chi connectivity index (χ3n) is 3.84. The first kappa shape index (κ1) is 16.4. The van der Waals surface area contributed by atoms with Crippen molar-refractivity contribution in [2.75, 3.05) is 26.7 Å². The van der Waals surface area contributed by atoms with Crippen LogP contribution in [0.25, 0.3) is 0 Å². The second kappa shape index (κ2) is 7.67. The molecule has 0 bridgehead atoms. The Morgan fingerprint density at radius 3 is 2.24 bits per heavy atom. The van der Waals surface area contributed by atoms with E-state index in [4.69, 9.17) is 0 Å². The molecule has 102 valence electrons. The Morgan fingerprint density at radius 1 is 1.35 bits per heavy atom. The number of carbonyl (C=O) groups excluding carboxylic acids is 1. The third-order valence-corrected chi connectivity index (χ3v) is 3.84. The van der Waals surface area contributed by atoms with Crippen molar-refractivity contribution in [1.82, 2.24) is 10.2 Å². The molecule has 17 heavy (non-hydrogen) atoms. The van der Waals surface area contributed by atoms with E-state index in [1.54, 1.807) is 11.9 Å². The fourth-order valence-electron chi connectivity index (χ4n) is 1.72. The second-order valence-corrected chi connectivity index (χ2v) is 4.82. The minimum Gasteiger partial charge on any atom is -0.396 e. The third kappa shape index (κ3) is 4.64. The molecule has 0 spiro atoms. The van der Waals surface area contributed by atoms with E-state index in [0.717, 1.165) is 19.4 Å². The minimum absolute atomic E-state index is 0.0979. The molecule has 0 aliphatic heterocycles. The van der Waals surface area contributed by atoms with E-state index >= 15 is 0 Å². The fraction of sp³-hybridized carbons (Fsp3) is 0.923. The molecular formula is C13H28N2O2. The zero-order valence-corrected chi connectivity index (χ0v) is 11.9. The van der Waals surface area contributed by atoms with Gasteiger partial charge in [0.15, 0.2) is 0 Å². The summed E-state index contributed by atoms with van der Waals surface area (Å²) >= 11 is 0. The van der Waals surface area contributed by atoms with E-state index in [2.05, 4.69) is 19.2 Å². The van der Waals surface area contributed by atoms with Crippen LogP contribution in [0, 0.1) is 5.41 Å². The number of aliphatic hydroxyl groups excluding tert-OH is 1. The van der Waals surface area contributed by atoms with E-state index < -0.39 is 0 Å². The van der Waals surface area contributed by atoms with Crippen LogP contribution in [0.4, 0.5) is 0 Å². The van der Waals surface area contributed by atoms with Gasteiger partial charge in [0.2, 0.25) is 5.91 Å². The molecule has 2 N–H and O–H groups in total. The van der Waals surface area contributed by atoms with Crippen molar-refractivity contribution in [3.05, 3.63) is 0 Å². The smallest absolute Gasteiger partial charge is 0.239 e. The summed E-state index contributed by atoms with van der Waals surface area (Å²) in [7, 11) is 1.81. The number of nitrogens with one attached hydrogen (secondary N) is 1. The Balaban J connectivity index is 4.31. The molecule has 0 saturated heterocycles. The lowest BCUT2D eigenvalue weighted by Crippen LogP contribution is -2.47. The quantitative estimate of drug-likeness (QED) is 0.675. The summed E-state index contributed by atoms with van der Waals surface area (Å²) in [5, 5.41) is 12.7. The minimum atomic E-state index is -0.191. The van der Waals surface area contributed by atoms with Crippen molar-refractivity contribution in [1.29, 1.82) is 0 Å². The van der Waals surface area contributed by atoms with Gasteiger partial charge in [0.05, 0.1) is 6.04 Å².